The fraction of sp³-hybridized carbons (Fsp3) is 0.0667. The van der Waals surface area contributed by atoms with Crippen molar-refractivity contribution in [2.75, 3.05) is 0 Å². The van der Waals surface area contributed by atoms with E-state index < -0.39 is 0 Å². The Bertz CT molecular complexity index is 677. The number of amides is 1. The number of benzene rings is 1. The molecule has 3 aromatic rings. The zero-order valence-corrected chi connectivity index (χ0v) is 10.2. The van der Waals surface area contributed by atoms with E-state index in [0.717, 1.165) is 10.9 Å². The number of pyridine rings is 1. The Morgan fingerprint density at radius 3 is 2.75 bits per heavy atom. The van der Waals surface area contributed by atoms with Crippen LogP contribution in [0.2, 0.25) is 0 Å². The Kier molecular flexibility index (Phi) is 4.95. The summed E-state index contributed by atoms with van der Waals surface area (Å²) < 4.78 is 5.44. The third kappa shape index (κ3) is 3.28. The van der Waals surface area contributed by atoms with Crippen LogP contribution < -0.4 is 5.32 Å². The standard InChI is InChI=1S/C15H12N2O2.Na.H/c18-15(17-9-11-4-2-1-3-5-11)13-8-12-6-7-16-10-14(12)19-13;;/h1-8,10H,9H2,(H,17,18);;. The van der Waals surface area contributed by atoms with Crippen LogP contribution in [0.4, 0.5) is 0 Å². The van der Waals surface area contributed by atoms with Crippen molar-refractivity contribution in [2.24, 2.45) is 0 Å². The van der Waals surface area contributed by atoms with Gasteiger partial charge in [-0.05, 0) is 17.7 Å². The molecule has 0 aliphatic heterocycles. The van der Waals surface area contributed by atoms with Crippen molar-refractivity contribution >= 4 is 46.4 Å². The van der Waals surface area contributed by atoms with E-state index in [9.17, 15) is 4.79 Å². The predicted molar refractivity (Wildman–Crippen MR) is 78.8 cm³/mol. The predicted octanol–water partition coefficient (Wildman–Crippen LogP) is 2.11. The average Bonchev–Trinajstić information content (AvgIpc) is 2.90. The molecule has 0 unspecified atom stereocenters. The van der Waals surface area contributed by atoms with Crippen molar-refractivity contribution in [3.63, 3.8) is 0 Å². The van der Waals surface area contributed by atoms with Gasteiger partial charge in [-0.15, -0.1) is 0 Å². The second-order valence-electron chi connectivity index (χ2n) is 4.19. The van der Waals surface area contributed by atoms with Crippen LogP contribution in [-0.2, 0) is 6.54 Å². The molecule has 4 nitrogen and oxygen atoms in total. The molecule has 0 aliphatic rings. The van der Waals surface area contributed by atoms with Crippen LogP contribution in [0.25, 0.3) is 11.0 Å². The van der Waals surface area contributed by atoms with Crippen molar-refractivity contribution in [1.29, 1.82) is 0 Å². The van der Waals surface area contributed by atoms with Crippen LogP contribution in [0.1, 0.15) is 16.1 Å². The molecule has 2 heterocycles. The molecule has 96 valence electrons. The maximum atomic E-state index is 12.0. The quantitative estimate of drug-likeness (QED) is 0.745. The van der Waals surface area contributed by atoms with Gasteiger partial charge in [-0.25, -0.2) is 0 Å². The molecule has 0 aliphatic carbocycles. The number of carbonyl (C=O) groups is 1. The van der Waals surface area contributed by atoms with Crippen molar-refractivity contribution in [3.8, 4) is 0 Å². The number of carbonyl (C=O) groups excluding carboxylic acids is 1. The second-order valence-corrected chi connectivity index (χ2v) is 4.19. The molecule has 0 bridgehead atoms. The summed E-state index contributed by atoms with van der Waals surface area (Å²) in [5.74, 6) is 0.0824. The Morgan fingerprint density at radius 2 is 2.00 bits per heavy atom. The summed E-state index contributed by atoms with van der Waals surface area (Å²) in [4.78, 5) is 15.9. The van der Waals surface area contributed by atoms with Gasteiger partial charge < -0.3 is 9.73 Å². The molecule has 1 amide bonds. The summed E-state index contributed by atoms with van der Waals surface area (Å²) in [6, 6.07) is 13.3. The van der Waals surface area contributed by atoms with Gasteiger partial charge in [0.05, 0.1) is 6.20 Å². The first-order chi connectivity index (χ1) is 9.33. The van der Waals surface area contributed by atoms with E-state index in [0.29, 0.717) is 17.9 Å². The third-order valence-corrected chi connectivity index (χ3v) is 2.84. The van der Waals surface area contributed by atoms with Gasteiger partial charge >= 0.3 is 29.6 Å². The van der Waals surface area contributed by atoms with E-state index in [1.165, 1.54) is 0 Å². The first-order valence-corrected chi connectivity index (χ1v) is 5.98. The van der Waals surface area contributed by atoms with Gasteiger partial charge in [0.15, 0.2) is 11.3 Å². The molecule has 0 radical (unpaired) electrons. The fourth-order valence-electron chi connectivity index (χ4n) is 1.86. The summed E-state index contributed by atoms with van der Waals surface area (Å²) in [6.07, 6.45) is 3.27. The number of nitrogens with one attached hydrogen (secondary N) is 1. The molecule has 0 saturated heterocycles. The van der Waals surface area contributed by atoms with E-state index in [1.54, 1.807) is 18.5 Å². The van der Waals surface area contributed by atoms with Gasteiger partial charge in [0.1, 0.15) is 0 Å². The number of nitrogens with zero attached hydrogens (tertiary/aromatic N) is 1. The zero-order valence-electron chi connectivity index (χ0n) is 10.2. The third-order valence-electron chi connectivity index (χ3n) is 2.84. The van der Waals surface area contributed by atoms with Gasteiger partial charge in [0.25, 0.3) is 5.91 Å². The van der Waals surface area contributed by atoms with Gasteiger partial charge in [0.2, 0.25) is 0 Å². The van der Waals surface area contributed by atoms with Gasteiger partial charge in [-0.2, -0.15) is 0 Å². The number of rotatable bonds is 3. The van der Waals surface area contributed by atoms with Gasteiger partial charge in [-0.1, -0.05) is 30.3 Å². The monoisotopic (exact) mass is 276 g/mol. The summed E-state index contributed by atoms with van der Waals surface area (Å²) in [5, 5.41) is 3.70. The normalized spacial score (nSPS) is 10.0. The minimum atomic E-state index is -0.222. The van der Waals surface area contributed by atoms with Gasteiger partial charge in [0, 0.05) is 18.1 Å². The molecule has 0 spiro atoms. The zero-order chi connectivity index (χ0) is 13.1. The van der Waals surface area contributed by atoms with E-state index in [1.807, 2.05) is 36.4 Å². The summed E-state index contributed by atoms with van der Waals surface area (Å²) in [5.41, 5.74) is 1.67. The van der Waals surface area contributed by atoms with Crippen molar-refractivity contribution < 1.29 is 9.21 Å². The Morgan fingerprint density at radius 1 is 1.20 bits per heavy atom. The Balaban J connectivity index is 0.00000147. The molecule has 20 heavy (non-hydrogen) atoms. The van der Waals surface area contributed by atoms with Crippen molar-refractivity contribution in [1.82, 2.24) is 10.3 Å². The SMILES string of the molecule is O=C(NCc1ccccc1)c1cc2ccncc2o1.[NaH]. The molecule has 1 aromatic carbocycles. The summed E-state index contributed by atoms with van der Waals surface area (Å²) >= 11 is 0. The number of hydrogen-bond acceptors (Lipinski definition) is 3. The molecule has 0 fully saturated rings. The summed E-state index contributed by atoms with van der Waals surface area (Å²) in [7, 11) is 0. The summed E-state index contributed by atoms with van der Waals surface area (Å²) in [6.45, 7) is 0.481. The molecule has 0 atom stereocenters. The molecule has 3 rings (SSSR count). The molecule has 1 N–H and O–H groups in total. The van der Waals surface area contributed by atoms with Crippen molar-refractivity contribution in [3.05, 3.63) is 66.2 Å². The molecule has 5 heteroatoms. The first kappa shape index (κ1) is 14.8. The Hall–Kier alpha value is -1.62. The minimum absolute atomic E-state index is 0. The second kappa shape index (κ2) is 6.70. The van der Waals surface area contributed by atoms with Crippen LogP contribution in [0.3, 0.4) is 0 Å². The van der Waals surface area contributed by atoms with E-state index >= 15 is 0 Å². The number of hydrogen-bond donors (Lipinski definition) is 1. The average molecular weight is 276 g/mol. The van der Waals surface area contributed by atoms with Crippen LogP contribution >= 0.6 is 0 Å². The van der Waals surface area contributed by atoms with Crippen molar-refractivity contribution in [2.45, 2.75) is 6.54 Å². The van der Waals surface area contributed by atoms with Gasteiger partial charge in [-0.3, -0.25) is 9.78 Å². The molecule has 0 saturated carbocycles. The van der Waals surface area contributed by atoms with E-state index in [2.05, 4.69) is 10.3 Å². The maximum absolute atomic E-state index is 12.0. The molecular formula is C15H13N2NaO2. The number of fused-ring (bicyclic) bond motifs is 1. The topological polar surface area (TPSA) is 55.1 Å². The molecule has 2 aromatic heterocycles. The van der Waals surface area contributed by atoms with Crippen LogP contribution in [0.5, 0.6) is 0 Å². The van der Waals surface area contributed by atoms with E-state index in [4.69, 9.17) is 4.42 Å². The molecular weight excluding hydrogens is 263 g/mol. The number of aromatic nitrogens is 1. The van der Waals surface area contributed by atoms with Crippen LogP contribution in [-0.4, -0.2) is 40.4 Å². The Labute approximate surface area is 138 Å². The first-order valence-electron chi connectivity index (χ1n) is 5.98. The van der Waals surface area contributed by atoms with Crippen LogP contribution in [0.15, 0.2) is 59.3 Å². The fourth-order valence-corrected chi connectivity index (χ4v) is 1.86. The van der Waals surface area contributed by atoms with E-state index in [-0.39, 0.29) is 35.5 Å². The number of furan rings is 1. The van der Waals surface area contributed by atoms with Crippen LogP contribution in [0, 0.1) is 0 Å².